The predicted octanol–water partition coefficient (Wildman–Crippen LogP) is 1.17. The summed E-state index contributed by atoms with van der Waals surface area (Å²) < 4.78 is 5.07. The second kappa shape index (κ2) is 4.97. The van der Waals surface area contributed by atoms with Gasteiger partial charge in [-0.3, -0.25) is 0 Å². The summed E-state index contributed by atoms with van der Waals surface area (Å²) in [6, 6.07) is 0.398. The van der Waals surface area contributed by atoms with E-state index >= 15 is 0 Å². The Morgan fingerprint density at radius 2 is 2.23 bits per heavy atom. The lowest BCUT2D eigenvalue weighted by Crippen LogP contribution is -2.27. The lowest BCUT2D eigenvalue weighted by atomic mass is 10.2. The van der Waals surface area contributed by atoms with Crippen LogP contribution in [0.15, 0.2) is 4.52 Å². The fourth-order valence-electron chi connectivity index (χ4n) is 1.20. The minimum Gasteiger partial charge on any atom is -0.339 e. The van der Waals surface area contributed by atoms with Crippen molar-refractivity contribution in [2.24, 2.45) is 0 Å². The molecule has 4 nitrogen and oxygen atoms in total. The molecule has 0 aromatic carbocycles. The van der Waals surface area contributed by atoms with Gasteiger partial charge in [0.15, 0.2) is 5.82 Å². The van der Waals surface area contributed by atoms with Crippen molar-refractivity contribution < 1.29 is 4.52 Å². The molecule has 74 valence electrons. The number of likely N-dealkylation sites (N-methyl/N-ethyl adjacent to an activating group) is 1. The van der Waals surface area contributed by atoms with Crippen molar-refractivity contribution in [2.75, 3.05) is 6.54 Å². The van der Waals surface area contributed by atoms with Gasteiger partial charge in [0.05, 0.1) is 0 Å². The van der Waals surface area contributed by atoms with Crippen LogP contribution in [-0.2, 0) is 12.8 Å². The number of nitrogens with one attached hydrogen (secondary N) is 1. The van der Waals surface area contributed by atoms with E-state index in [0.717, 1.165) is 31.1 Å². The van der Waals surface area contributed by atoms with Crippen molar-refractivity contribution >= 4 is 0 Å². The van der Waals surface area contributed by atoms with Gasteiger partial charge in [-0.05, 0) is 13.5 Å². The molecule has 1 atom stereocenters. The molecular formula is C9H17N3O. The molecular weight excluding hydrogens is 166 g/mol. The number of rotatable bonds is 5. The Labute approximate surface area is 78.7 Å². The van der Waals surface area contributed by atoms with Gasteiger partial charge in [0, 0.05) is 18.9 Å². The molecule has 0 aliphatic rings. The van der Waals surface area contributed by atoms with E-state index in [1.807, 2.05) is 6.92 Å². The van der Waals surface area contributed by atoms with Crippen molar-refractivity contribution in [3.05, 3.63) is 11.7 Å². The Hall–Kier alpha value is -0.900. The molecule has 0 aliphatic carbocycles. The first-order valence-corrected chi connectivity index (χ1v) is 4.81. The lowest BCUT2D eigenvalue weighted by molar-refractivity contribution is 0.359. The highest BCUT2D eigenvalue weighted by Crippen LogP contribution is 2.01. The number of nitrogens with zero attached hydrogens (tertiary/aromatic N) is 2. The van der Waals surface area contributed by atoms with Gasteiger partial charge in [-0.25, -0.2) is 0 Å². The molecule has 0 spiro atoms. The third kappa shape index (κ3) is 3.14. The Morgan fingerprint density at radius 3 is 2.77 bits per heavy atom. The molecule has 4 heteroatoms. The van der Waals surface area contributed by atoms with Crippen LogP contribution in [0.4, 0.5) is 0 Å². The first-order valence-electron chi connectivity index (χ1n) is 4.81. The normalized spacial score (nSPS) is 13.2. The van der Waals surface area contributed by atoms with E-state index < -0.39 is 0 Å². The van der Waals surface area contributed by atoms with E-state index in [1.165, 1.54) is 0 Å². The molecule has 0 saturated carbocycles. The molecule has 1 aromatic heterocycles. The second-order valence-electron chi connectivity index (χ2n) is 3.12. The summed E-state index contributed by atoms with van der Waals surface area (Å²) >= 11 is 0. The molecule has 0 fully saturated rings. The number of aryl methyl sites for hydroxylation is 1. The van der Waals surface area contributed by atoms with Crippen molar-refractivity contribution in [3.63, 3.8) is 0 Å². The molecule has 1 heterocycles. The van der Waals surface area contributed by atoms with Gasteiger partial charge >= 0.3 is 0 Å². The summed E-state index contributed by atoms with van der Waals surface area (Å²) in [5.41, 5.74) is 0. The highest BCUT2D eigenvalue weighted by molar-refractivity contribution is 4.87. The zero-order valence-corrected chi connectivity index (χ0v) is 8.50. The lowest BCUT2D eigenvalue weighted by Gasteiger charge is -2.07. The Bertz CT molecular complexity index is 247. The van der Waals surface area contributed by atoms with Gasteiger partial charge in [-0.15, -0.1) is 0 Å². The van der Waals surface area contributed by atoms with Crippen molar-refractivity contribution in [1.82, 2.24) is 15.5 Å². The summed E-state index contributed by atoms with van der Waals surface area (Å²) in [6.07, 6.45) is 1.64. The maximum Gasteiger partial charge on any atom is 0.228 e. The van der Waals surface area contributed by atoms with Crippen LogP contribution in [0.1, 0.15) is 32.5 Å². The molecule has 0 saturated heterocycles. The maximum atomic E-state index is 5.07. The first kappa shape index (κ1) is 10.2. The minimum absolute atomic E-state index is 0.398. The summed E-state index contributed by atoms with van der Waals surface area (Å²) in [5.74, 6) is 1.52. The Balaban J connectivity index is 2.44. The molecule has 0 aliphatic heterocycles. The highest BCUT2D eigenvalue weighted by atomic mass is 16.5. The Kier molecular flexibility index (Phi) is 3.89. The van der Waals surface area contributed by atoms with Gasteiger partial charge in [0.2, 0.25) is 5.89 Å². The van der Waals surface area contributed by atoms with E-state index in [0.29, 0.717) is 6.04 Å². The minimum atomic E-state index is 0.398. The van der Waals surface area contributed by atoms with E-state index in [-0.39, 0.29) is 0 Å². The average molecular weight is 183 g/mol. The third-order valence-electron chi connectivity index (χ3n) is 1.86. The molecule has 1 unspecified atom stereocenters. The van der Waals surface area contributed by atoms with Crippen LogP contribution in [0.25, 0.3) is 0 Å². The summed E-state index contributed by atoms with van der Waals surface area (Å²) in [7, 11) is 0. The van der Waals surface area contributed by atoms with E-state index in [2.05, 4.69) is 29.3 Å². The molecule has 0 amide bonds. The second-order valence-corrected chi connectivity index (χ2v) is 3.12. The average Bonchev–Trinajstić information content (AvgIpc) is 2.52. The topological polar surface area (TPSA) is 51.0 Å². The monoisotopic (exact) mass is 183 g/mol. The predicted molar refractivity (Wildman–Crippen MR) is 50.5 cm³/mol. The first-order chi connectivity index (χ1) is 6.26. The Morgan fingerprint density at radius 1 is 1.46 bits per heavy atom. The summed E-state index contributed by atoms with van der Waals surface area (Å²) in [6.45, 7) is 7.18. The van der Waals surface area contributed by atoms with Crippen molar-refractivity contribution in [3.8, 4) is 0 Å². The fraction of sp³-hybridized carbons (Fsp3) is 0.778. The van der Waals surface area contributed by atoms with Gasteiger partial charge in [-0.2, -0.15) is 4.98 Å². The van der Waals surface area contributed by atoms with Crippen LogP contribution in [0, 0.1) is 0 Å². The van der Waals surface area contributed by atoms with E-state index in [1.54, 1.807) is 0 Å². The van der Waals surface area contributed by atoms with Gasteiger partial charge < -0.3 is 9.84 Å². The standard InChI is InChI=1S/C9H17N3O/c1-4-8-11-9(13-12-8)6-7(3)10-5-2/h7,10H,4-6H2,1-3H3. The van der Waals surface area contributed by atoms with Crippen LogP contribution in [0.5, 0.6) is 0 Å². The number of aromatic nitrogens is 2. The van der Waals surface area contributed by atoms with Crippen molar-refractivity contribution in [1.29, 1.82) is 0 Å². The molecule has 0 radical (unpaired) electrons. The molecule has 0 bridgehead atoms. The van der Waals surface area contributed by atoms with E-state index in [9.17, 15) is 0 Å². The van der Waals surface area contributed by atoms with Crippen molar-refractivity contribution in [2.45, 2.75) is 39.7 Å². The molecule has 1 aromatic rings. The van der Waals surface area contributed by atoms with Gasteiger partial charge in [-0.1, -0.05) is 19.0 Å². The summed E-state index contributed by atoms with van der Waals surface area (Å²) in [5, 5.41) is 7.13. The SMILES string of the molecule is CCNC(C)Cc1nc(CC)no1. The zero-order valence-electron chi connectivity index (χ0n) is 8.50. The third-order valence-corrected chi connectivity index (χ3v) is 1.86. The van der Waals surface area contributed by atoms with E-state index in [4.69, 9.17) is 4.52 Å². The molecule has 1 rings (SSSR count). The van der Waals surface area contributed by atoms with Gasteiger partial charge in [0.1, 0.15) is 0 Å². The molecule has 13 heavy (non-hydrogen) atoms. The van der Waals surface area contributed by atoms with Crippen LogP contribution in [0.2, 0.25) is 0 Å². The highest BCUT2D eigenvalue weighted by Gasteiger charge is 2.08. The quantitative estimate of drug-likeness (QED) is 0.744. The van der Waals surface area contributed by atoms with Crippen LogP contribution < -0.4 is 5.32 Å². The van der Waals surface area contributed by atoms with Crippen LogP contribution in [0.3, 0.4) is 0 Å². The number of hydrogen-bond donors (Lipinski definition) is 1. The zero-order chi connectivity index (χ0) is 9.68. The van der Waals surface area contributed by atoms with Crippen LogP contribution in [-0.4, -0.2) is 22.7 Å². The molecule has 1 N–H and O–H groups in total. The smallest absolute Gasteiger partial charge is 0.228 e. The maximum absolute atomic E-state index is 5.07. The van der Waals surface area contributed by atoms with Gasteiger partial charge in [0.25, 0.3) is 0 Å². The summed E-state index contributed by atoms with van der Waals surface area (Å²) in [4.78, 5) is 4.23. The largest absolute Gasteiger partial charge is 0.339 e. The number of hydrogen-bond acceptors (Lipinski definition) is 4. The fourth-order valence-corrected chi connectivity index (χ4v) is 1.20. The van der Waals surface area contributed by atoms with Crippen LogP contribution >= 0.6 is 0 Å².